The Morgan fingerprint density at radius 3 is 3.04 bits per heavy atom. The topological polar surface area (TPSA) is 73.5 Å². The van der Waals surface area contributed by atoms with E-state index in [1.165, 1.54) is 0 Å². The predicted molar refractivity (Wildman–Crippen MR) is 93.7 cm³/mol. The van der Waals surface area contributed by atoms with Crippen LogP contribution in [0.4, 0.5) is 16.2 Å². The van der Waals surface area contributed by atoms with Crippen LogP contribution in [-0.4, -0.2) is 42.2 Å². The summed E-state index contributed by atoms with van der Waals surface area (Å²) in [6.45, 7) is 7.22. The standard InChI is InChI=1S/C17H23N5O2/c1-3-19-17(23)22(4-2)14-5-6-16-15(9-14)21(7-8-24-16)11-13-10-18-12-20-13/h5-6,9-10,12H,3-4,7-8,11H2,1-2H3,(H,18,20)(H,19,23). The van der Waals surface area contributed by atoms with Crippen LogP contribution in [0.3, 0.4) is 0 Å². The van der Waals surface area contributed by atoms with Crippen molar-refractivity contribution in [2.75, 3.05) is 36.0 Å². The number of aromatic nitrogens is 2. The summed E-state index contributed by atoms with van der Waals surface area (Å²) in [5, 5.41) is 2.85. The van der Waals surface area contributed by atoms with Crippen molar-refractivity contribution in [3.8, 4) is 5.75 Å². The van der Waals surface area contributed by atoms with Gasteiger partial charge in [0.1, 0.15) is 12.4 Å². The second-order valence-corrected chi connectivity index (χ2v) is 5.56. The fourth-order valence-electron chi connectivity index (χ4n) is 2.86. The molecule has 7 nitrogen and oxygen atoms in total. The maximum absolute atomic E-state index is 12.2. The van der Waals surface area contributed by atoms with E-state index in [0.717, 1.165) is 29.4 Å². The summed E-state index contributed by atoms with van der Waals surface area (Å²) in [6.07, 6.45) is 3.58. The molecule has 0 radical (unpaired) electrons. The zero-order chi connectivity index (χ0) is 16.9. The fraction of sp³-hybridized carbons (Fsp3) is 0.412. The largest absolute Gasteiger partial charge is 0.490 e. The normalized spacial score (nSPS) is 13.2. The number of H-pyrrole nitrogens is 1. The molecule has 2 N–H and O–H groups in total. The number of imidazole rings is 1. The Morgan fingerprint density at radius 1 is 1.46 bits per heavy atom. The molecule has 0 aliphatic carbocycles. The van der Waals surface area contributed by atoms with Gasteiger partial charge in [0.2, 0.25) is 0 Å². The lowest BCUT2D eigenvalue weighted by atomic mass is 10.2. The first-order valence-corrected chi connectivity index (χ1v) is 8.27. The number of aromatic amines is 1. The number of nitrogens with one attached hydrogen (secondary N) is 2. The molecule has 1 aliphatic rings. The average molecular weight is 329 g/mol. The third-order valence-corrected chi connectivity index (χ3v) is 4.01. The van der Waals surface area contributed by atoms with E-state index in [1.807, 2.05) is 38.2 Å². The number of hydrogen-bond donors (Lipinski definition) is 2. The third-order valence-electron chi connectivity index (χ3n) is 4.01. The molecule has 0 unspecified atom stereocenters. The summed E-state index contributed by atoms with van der Waals surface area (Å²) in [7, 11) is 0. The second kappa shape index (κ2) is 7.25. The van der Waals surface area contributed by atoms with Gasteiger partial charge < -0.3 is 19.9 Å². The Hall–Kier alpha value is -2.70. The Balaban J connectivity index is 1.88. The molecule has 7 heteroatoms. The quantitative estimate of drug-likeness (QED) is 0.883. The maximum atomic E-state index is 12.2. The Morgan fingerprint density at radius 2 is 2.33 bits per heavy atom. The van der Waals surface area contributed by atoms with Crippen LogP contribution in [0.25, 0.3) is 0 Å². The predicted octanol–water partition coefficient (Wildman–Crippen LogP) is 2.36. The number of rotatable bonds is 5. The lowest BCUT2D eigenvalue weighted by molar-refractivity contribution is 0.247. The van der Waals surface area contributed by atoms with Crippen LogP contribution < -0.4 is 19.9 Å². The van der Waals surface area contributed by atoms with Gasteiger partial charge in [-0.1, -0.05) is 0 Å². The molecule has 24 heavy (non-hydrogen) atoms. The second-order valence-electron chi connectivity index (χ2n) is 5.56. The van der Waals surface area contributed by atoms with Gasteiger partial charge >= 0.3 is 6.03 Å². The molecule has 0 bridgehead atoms. The molecule has 2 heterocycles. The van der Waals surface area contributed by atoms with Gasteiger partial charge in [-0.25, -0.2) is 9.78 Å². The first-order chi connectivity index (χ1) is 11.7. The van der Waals surface area contributed by atoms with Crippen molar-refractivity contribution < 1.29 is 9.53 Å². The van der Waals surface area contributed by atoms with Crippen LogP contribution >= 0.6 is 0 Å². The summed E-state index contributed by atoms with van der Waals surface area (Å²) < 4.78 is 5.76. The number of ether oxygens (including phenoxy) is 1. The number of urea groups is 1. The van der Waals surface area contributed by atoms with Gasteiger partial charge in [-0.3, -0.25) is 4.90 Å². The number of amides is 2. The summed E-state index contributed by atoms with van der Waals surface area (Å²) in [6, 6.07) is 5.79. The van der Waals surface area contributed by atoms with Gasteiger partial charge in [0.15, 0.2) is 0 Å². The van der Waals surface area contributed by atoms with Crippen molar-refractivity contribution in [1.29, 1.82) is 0 Å². The summed E-state index contributed by atoms with van der Waals surface area (Å²) >= 11 is 0. The Labute approximate surface area is 141 Å². The highest BCUT2D eigenvalue weighted by Gasteiger charge is 2.22. The number of anilines is 2. The Kier molecular flexibility index (Phi) is 4.88. The van der Waals surface area contributed by atoms with E-state index < -0.39 is 0 Å². The van der Waals surface area contributed by atoms with Crippen LogP contribution in [0.1, 0.15) is 19.5 Å². The smallest absolute Gasteiger partial charge is 0.321 e. The monoisotopic (exact) mass is 329 g/mol. The van der Waals surface area contributed by atoms with Gasteiger partial charge in [-0.05, 0) is 32.0 Å². The van der Waals surface area contributed by atoms with Crippen molar-refractivity contribution >= 4 is 17.4 Å². The van der Waals surface area contributed by atoms with E-state index in [1.54, 1.807) is 11.2 Å². The summed E-state index contributed by atoms with van der Waals surface area (Å²) in [5.74, 6) is 0.840. The van der Waals surface area contributed by atoms with Crippen LogP contribution in [0.5, 0.6) is 5.75 Å². The van der Waals surface area contributed by atoms with E-state index in [4.69, 9.17) is 4.74 Å². The molecule has 0 saturated heterocycles. The van der Waals surface area contributed by atoms with E-state index in [0.29, 0.717) is 26.2 Å². The minimum Gasteiger partial charge on any atom is -0.490 e. The lowest BCUT2D eigenvalue weighted by Gasteiger charge is -2.32. The highest BCUT2D eigenvalue weighted by molar-refractivity contribution is 5.92. The highest BCUT2D eigenvalue weighted by Crippen LogP contribution is 2.36. The molecule has 0 fully saturated rings. The molecule has 2 amide bonds. The van der Waals surface area contributed by atoms with Crippen LogP contribution in [0.2, 0.25) is 0 Å². The molecule has 3 rings (SSSR count). The SMILES string of the molecule is CCNC(=O)N(CC)c1ccc2c(c1)N(Cc1c[nH]cn1)CCO2. The minimum atomic E-state index is -0.0875. The molecule has 0 saturated carbocycles. The third kappa shape index (κ3) is 3.29. The zero-order valence-electron chi connectivity index (χ0n) is 14.1. The maximum Gasteiger partial charge on any atom is 0.321 e. The zero-order valence-corrected chi connectivity index (χ0v) is 14.1. The molecule has 0 atom stereocenters. The molecule has 1 aliphatic heterocycles. The number of carbonyl (C=O) groups is 1. The molecule has 128 valence electrons. The van der Waals surface area contributed by atoms with E-state index in [2.05, 4.69) is 20.2 Å². The molecular formula is C17H23N5O2. The van der Waals surface area contributed by atoms with Gasteiger partial charge in [-0.15, -0.1) is 0 Å². The van der Waals surface area contributed by atoms with Crippen LogP contribution in [0, 0.1) is 0 Å². The summed E-state index contributed by atoms with van der Waals surface area (Å²) in [4.78, 5) is 23.5. The molecular weight excluding hydrogens is 306 g/mol. The highest BCUT2D eigenvalue weighted by atomic mass is 16.5. The van der Waals surface area contributed by atoms with Crippen molar-refractivity contribution in [2.24, 2.45) is 0 Å². The van der Waals surface area contributed by atoms with Gasteiger partial charge in [0, 0.05) is 25.0 Å². The first kappa shape index (κ1) is 16.2. The number of fused-ring (bicyclic) bond motifs is 1. The molecule has 1 aromatic carbocycles. The molecule has 2 aromatic rings. The molecule has 1 aromatic heterocycles. The first-order valence-electron chi connectivity index (χ1n) is 8.27. The van der Waals surface area contributed by atoms with Gasteiger partial charge in [0.25, 0.3) is 0 Å². The number of nitrogens with zero attached hydrogens (tertiary/aromatic N) is 3. The summed E-state index contributed by atoms with van der Waals surface area (Å²) in [5.41, 5.74) is 2.83. The fourth-order valence-corrected chi connectivity index (χ4v) is 2.86. The van der Waals surface area contributed by atoms with Crippen molar-refractivity contribution in [1.82, 2.24) is 15.3 Å². The van der Waals surface area contributed by atoms with Crippen molar-refractivity contribution in [3.05, 3.63) is 36.4 Å². The minimum absolute atomic E-state index is 0.0875. The number of carbonyl (C=O) groups excluding carboxylic acids is 1. The molecule has 0 spiro atoms. The van der Waals surface area contributed by atoms with Gasteiger partial charge in [0.05, 0.1) is 30.8 Å². The van der Waals surface area contributed by atoms with E-state index >= 15 is 0 Å². The number of benzene rings is 1. The number of hydrogen-bond acceptors (Lipinski definition) is 4. The van der Waals surface area contributed by atoms with E-state index in [-0.39, 0.29) is 6.03 Å². The lowest BCUT2D eigenvalue weighted by Crippen LogP contribution is -2.40. The van der Waals surface area contributed by atoms with Crippen molar-refractivity contribution in [3.63, 3.8) is 0 Å². The van der Waals surface area contributed by atoms with Crippen LogP contribution in [-0.2, 0) is 6.54 Å². The van der Waals surface area contributed by atoms with Crippen LogP contribution in [0.15, 0.2) is 30.7 Å². The van der Waals surface area contributed by atoms with E-state index in [9.17, 15) is 4.79 Å². The average Bonchev–Trinajstić information content (AvgIpc) is 3.09. The van der Waals surface area contributed by atoms with Crippen molar-refractivity contribution in [2.45, 2.75) is 20.4 Å². The Bertz CT molecular complexity index is 686. The van der Waals surface area contributed by atoms with Gasteiger partial charge in [-0.2, -0.15) is 0 Å².